The number of aromatic hydroxyl groups is 1. The number of nitrogens with one attached hydrogen (secondary N) is 1. The van der Waals surface area contributed by atoms with Crippen molar-refractivity contribution in [3.8, 4) is 5.75 Å². The fourth-order valence-corrected chi connectivity index (χ4v) is 1.65. The minimum absolute atomic E-state index is 0.0582. The molecule has 0 saturated carbocycles. The Morgan fingerprint density at radius 1 is 1.35 bits per heavy atom. The molecular weight excluding hydrogens is 286 g/mol. The molecule has 0 radical (unpaired) electrons. The normalized spacial score (nSPS) is 10.1. The lowest BCUT2D eigenvalue weighted by Gasteiger charge is -2.07. The number of phenolic OH excluding ortho intramolecular Hbond substituents is 1. The molecule has 0 atom stereocenters. The van der Waals surface area contributed by atoms with Crippen molar-refractivity contribution < 1.29 is 14.8 Å². The average Bonchev–Trinajstić information content (AvgIpc) is 2.41. The van der Waals surface area contributed by atoms with Crippen LogP contribution in [-0.4, -0.2) is 20.9 Å². The van der Waals surface area contributed by atoms with E-state index in [0.717, 1.165) is 18.2 Å². The molecule has 0 fully saturated rings. The Labute approximate surface area is 118 Å². The predicted molar refractivity (Wildman–Crippen MR) is 72.0 cm³/mol. The van der Waals surface area contributed by atoms with Crippen LogP contribution in [0.3, 0.4) is 0 Å². The van der Waals surface area contributed by atoms with Crippen LogP contribution in [0, 0.1) is 10.1 Å². The van der Waals surface area contributed by atoms with E-state index in [0.29, 0.717) is 0 Å². The fraction of sp³-hybridized carbons (Fsp3) is 0. The lowest BCUT2D eigenvalue weighted by Crippen LogP contribution is -2.12. The molecule has 2 N–H and O–H groups in total. The van der Waals surface area contributed by atoms with Crippen molar-refractivity contribution in [3.63, 3.8) is 0 Å². The molecule has 0 unspecified atom stereocenters. The van der Waals surface area contributed by atoms with Gasteiger partial charge in [-0.3, -0.25) is 14.9 Å². The topological polar surface area (TPSA) is 105 Å². The van der Waals surface area contributed by atoms with E-state index in [-0.39, 0.29) is 27.8 Å². The van der Waals surface area contributed by atoms with Crippen molar-refractivity contribution in [2.75, 3.05) is 5.32 Å². The number of halogens is 1. The first-order valence-corrected chi connectivity index (χ1v) is 5.75. The summed E-state index contributed by atoms with van der Waals surface area (Å²) in [6, 6.07) is 6.10. The second kappa shape index (κ2) is 5.54. The van der Waals surface area contributed by atoms with Gasteiger partial charge in [-0.05, 0) is 18.2 Å². The minimum Gasteiger partial charge on any atom is -0.506 e. The van der Waals surface area contributed by atoms with Crippen LogP contribution in [0.15, 0.2) is 36.5 Å². The van der Waals surface area contributed by atoms with E-state index in [2.05, 4.69) is 10.3 Å². The largest absolute Gasteiger partial charge is 0.506 e. The molecule has 20 heavy (non-hydrogen) atoms. The molecule has 2 aromatic rings. The number of nitrogens with zero attached hydrogens (tertiary/aromatic N) is 2. The predicted octanol–water partition coefficient (Wildman–Crippen LogP) is 2.60. The smallest absolute Gasteiger partial charge is 0.271 e. The Balaban J connectivity index is 2.27. The van der Waals surface area contributed by atoms with Gasteiger partial charge in [-0.1, -0.05) is 11.6 Å². The van der Waals surface area contributed by atoms with Gasteiger partial charge in [0.05, 0.1) is 10.6 Å². The monoisotopic (exact) mass is 293 g/mol. The molecule has 2 rings (SSSR count). The van der Waals surface area contributed by atoms with E-state index < -0.39 is 10.8 Å². The summed E-state index contributed by atoms with van der Waals surface area (Å²) in [6.45, 7) is 0. The highest BCUT2D eigenvalue weighted by atomic mass is 35.5. The highest BCUT2D eigenvalue weighted by Gasteiger charge is 2.14. The number of hydrogen-bond acceptors (Lipinski definition) is 5. The Bertz CT molecular complexity index is 690. The third-order valence-corrected chi connectivity index (χ3v) is 2.63. The van der Waals surface area contributed by atoms with Crippen LogP contribution in [0.25, 0.3) is 0 Å². The van der Waals surface area contributed by atoms with Crippen LogP contribution >= 0.6 is 11.6 Å². The molecule has 1 heterocycles. The fourth-order valence-electron chi connectivity index (χ4n) is 1.48. The molecule has 8 heteroatoms. The van der Waals surface area contributed by atoms with Crippen molar-refractivity contribution in [2.24, 2.45) is 0 Å². The van der Waals surface area contributed by atoms with Gasteiger partial charge in [0, 0.05) is 23.9 Å². The van der Waals surface area contributed by atoms with Gasteiger partial charge in [0.2, 0.25) is 0 Å². The number of amides is 1. The van der Waals surface area contributed by atoms with Crippen LogP contribution in [-0.2, 0) is 0 Å². The molecular formula is C12H8ClN3O4. The van der Waals surface area contributed by atoms with E-state index in [1.807, 2.05) is 0 Å². The molecule has 0 bridgehead atoms. The number of non-ortho nitro benzene ring substituents is 1. The maximum atomic E-state index is 11.9. The zero-order valence-corrected chi connectivity index (χ0v) is 10.7. The Morgan fingerprint density at radius 3 is 2.75 bits per heavy atom. The van der Waals surface area contributed by atoms with Crippen molar-refractivity contribution in [3.05, 3.63) is 57.4 Å². The second-order valence-electron chi connectivity index (χ2n) is 3.78. The van der Waals surface area contributed by atoms with Crippen LogP contribution in [0.1, 0.15) is 10.4 Å². The van der Waals surface area contributed by atoms with Crippen molar-refractivity contribution in [1.82, 2.24) is 4.98 Å². The van der Waals surface area contributed by atoms with Gasteiger partial charge < -0.3 is 10.4 Å². The van der Waals surface area contributed by atoms with E-state index >= 15 is 0 Å². The summed E-state index contributed by atoms with van der Waals surface area (Å²) >= 11 is 5.66. The standard InChI is InChI=1S/C12H8ClN3O4/c13-11-5-7(3-4-14-11)12(18)15-9-6-8(16(19)20)1-2-10(9)17/h1-6,17H,(H,15,18). The molecule has 7 nitrogen and oxygen atoms in total. The quantitative estimate of drug-likeness (QED) is 0.391. The first-order chi connectivity index (χ1) is 9.47. The van der Waals surface area contributed by atoms with Gasteiger partial charge >= 0.3 is 0 Å². The molecule has 0 aliphatic carbocycles. The van der Waals surface area contributed by atoms with Gasteiger partial charge in [-0.15, -0.1) is 0 Å². The highest BCUT2D eigenvalue weighted by Crippen LogP contribution is 2.28. The first-order valence-electron chi connectivity index (χ1n) is 5.37. The zero-order valence-electron chi connectivity index (χ0n) is 9.91. The first kappa shape index (κ1) is 13.8. The van der Waals surface area contributed by atoms with Gasteiger partial charge in [-0.2, -0.15) is 0 Å². The summed E-state index contributed by atoms with van der Waals surface area (Å²) in [5.41, 5.74) is -0.0844. The number of hydrogen-bond donors (Lipinski definition) is 2. The number of nitro benzene ring substituents is 1. The Kier molecular flexibility index (Phi) is 3.81. The summed E-state index contributed by atoms with van der Waals surface area (Å²) in [4.78, 5) is 25.7. The number of aromatic nitrogens is 1. The number of carbonyl (C=O) groups is 1. The summed E-state index contributed by atoms with van der Waals surface area (Å²) in [5, 5.41) is 22.8. The highest BCUT2D eigenvalue weighted by molar-refractivity contribution is 6.29. The van der Waals surface area contributed by atoms with Crippen LogP contribution in [0.5, 0.6) is 5.75 Å². The SMILES string of the molecule is O=C(Nc1cc([N+](=O)[O-])ccc1O)c1ccnc(Cl)c1. The van der Waals surface area contributed by atoms with Gasteiger partial charge in [-0.25, -0.2) is 4.98 Å². The van der Waals surface area contributed by atoms with Crippen LogP contribution in [0.2, 0.25) is 5.15 Å². The summed E-state index contributed by atoms with van der Waals surface area (Å²) in [5.74, 6) is -0.839. The van der Waals surface area contributed by atoms with Crippen molar-refractivity contribution in [1.29, 1.82) is 0 Å². The lowest BCUT2D eigenvalue weighted by molar-refractivity contribution is -0.384. The van der Waals surface area contributed by atoms with Crippen molar-refractivity contribution in [2.45, 2.75) is 0 Å². The van der Waals surface area contributed by atoms with Crippen LogP contribution < -0.4 is 5.32 Å². The minimum atomic E-state index is -0.627. The van der Waals surface area contributed by atoms with E-state index in [1.165, 1.54) is 18.3 Å². The maximum absolute atomic E-state index is 11.9. The number of phenols is 1. The van der Waals surface area contributed by atoms with Crippen molar-refractivity contribution >= 4 is 28.9 Å². The number of anilines is 1. The second-order valence-corrected chi connectivity index (χ2v) is 4.17. The third kappa shape index (κ3) is 3.01. The number of benzene rings is 1. The number of pyridine rings is 1. The molecule has 0 saturated heterocycles. The zero-order chi connectivity index (χ0) is 14.7. The summed E-state index contributed by atoms with van der Waals surface area (Å²) in [7, 11) is 0. The third-order valence-electron chi connectivity index (χ3n) is 2.43. The van der Waals surface area contributed by atoms with Gasteiger partial charge in [0.25, 0.3) is 11.6 Å². The Morgan fingerprint density at radius 2 is 2.10 bits per heavy atom. The molecule has 0 spiro atoms. The van der Waals surface area contributed by atoms with E-state index in [9.17, 15) is 20.0 Å². The van der Waals surface area contributed by atoms with Gasteiger partial charge in [0.1, 0.15) is 10.9 Å². The summed E-state index contributed by atoms with van der Waals surface area (Å²) < 4.78 is 0. The molecule has 1 aromatic carbocycles. The molecule has 0 aliphatic heterocycles. The van der Waals surface area contributed by atoms with Crippen LogP contribution in [0.4, 0.5) is 11.4 Å². The lowest BCUT2D eigenvalue weighted by atomic mass is 10.2. The number of carbonyl (C=O) groups excluding carboxylic acids is 1. The van der Waals surface area contributed by atoms with E-state index in [4.69, 9.17) is 11.6 Å². The molecule has 1 aromatic heterocycles. The van der Waals surface area contributed by atoms with E-state index in [1.54, 1.807) is 0 Å². The van der Waals surface area contributed by atoms with Gasteiger partial charge in [0.15, 0.2) is 0 Å². The molecule has 102 valence electrons. The molecule has 1 amide bonds. The average molecular weight is 294 g/mol. The Hall–Kier alpha value is -2.67. The maximum Gasteiger partial charge on any atom is 0.271 e. The molecule has 0 aliphatic rings. The number of nitro groups is 1. The summed E-state index contributed by atoms with van der Waals surface area (Å²) in [6.07, 6.45) is 1.35. The number of rotatable bonds is 3.